The van der Waals surface area contributed by atoms with Crippen LogP contribution in [0, 0.1) is 0 Å². The number of ketones is 1. The summed E-state index contributed by atoms with van der Waals surface area (Å²) in [5, 5.41) is 5.93. The van der Waals surface area contributed by atoms with Crippen molar-refractivity contribution in [3.8, 4) is 16.9 Å². The van der Waals surface area contributed by atoms with Crippen molar-refractivity contribution in [2.45, 2.75) is 46.5 Å². The Labute approximate surface area is 176 Å². The van der Waals surface area contributed by atoms with Crippen LogP contribution in [0.25, 0.3) is 11.1 Å². The van der Waals surface area contributed by atoms with Crippen LogP contribution in [0.15, 0.2) is 24.3 Å². The minimum Gasteiger partial charge on any atom is -0.370 e. The molecule has 0 fully saturated rings. The summed E-state index contributed by atoms with van der Waals surface area (Å²) >= 11 is 12.8. The van der Waals surface area contributed by atoms with Crippen molar-refractivity contribution in [3.05, 3.63) is 51.0 Å². The third kappa shape index (κ3) is 4.69. The Morgan fingerprint density at radius 1 is 1.07 bits per heavy atom. The summed E-state index contributed by atoms with van der Waals surface area (Å²) in [7, 11) is -4.29. The Balaban J connectivity index is 3.09. The number of carbonyl (C=O) groups excluding carboxylic acids is 1. The number of hydrogen-bond donors (Lipinski definition) is 1. The molecular weight excluding hydrogens is 421 g/mol. The summed E-state index contributed by atoms with van der Waals surface area (Å²) in [5.74, 6) is -0.515. The molecular formula is C20H23Cl2NO4S. The maximum Gasteiger partial charge on any atom is 0.380 e. The van der Waals surface area contributed by atoms with Crippen molar-refractivity contribution in [3.63, 3.8) is 0 Å². The van der Waals surface area contributed by atoms with Crippen LogP contribution in [0.1, 0.15) is 67.9 Å². The molecule has 0 unspecified atom stereocenters. The Hall–Kier alpha value is -1.60. The lowest BCUT2D eigenvalue weighted by molar-refractivity contribution is 0.101. The molecule has 0 atom stereocenters. The molecule has 0 saturated carbocycles. The van der Waals surface area contributed by atoms with Crippen LogP contribution in [0.5, 0.6) is 5.75 Å². The zero-order valence-electron chi connectivity index (χ0n) is 16.3. The average Bonchev–Trinajstić information content (AvgIpc) is 2.52. The third-order valence-corrected chi connectivity index (χ3v) is 5.36. The van der Waals surface area contributed by atoms with Gasteiger partial charge in [0.25, 0.3) is 0 Å². The van der Waals surface area contributed by atoms with Crippen LogP contribution < -0.4 is 9.32 Å². The van der Waals surface area contributed by atoms with E-state index in [1.165, 1.54) is 6.92 Å². The van der Waals surface area contributed by atoms with E-state index in [-0.39, 0.29) is 23.4 Å². The number of halogens is 2. The molecule has 28 heavy (non-hydrogen) atoms. The molecule has 0 aliphatic heterocycles. The van der Waals surface area contributed by atoms with E-state index in [2.05, 4.69) is 0 Å². The molecule has 0 radical (unpaired) electrons. The summed E-state index contributed by atoms with van der Waals surface area (Å²) in [6.45, 7) is 8.88. The van der Waals surface area contributed by atoms with Crippen LogP contribution >= 0.6 is 23.2 Å². The Morgan fingerprint density at radius 3 is 2.00 bits per heavy atom. The quantitative estimate of drug-likeness (QED) is 0.580. The van der Waals surface area contributed by atoms with Gasteiger partial charge in [0.1, 0.15) is 0 Å². The lowest BCUT2D eigenvalue weighted by atomic mass is 9.83. The highest BCUT2D eigenvalue weighted by atomic mass is 35.5. The first-order chi connectivity index (χ1) is 12.8. The maximum absolute atomic E-state index is 12.7. The number of hydrogen-bond acceptors (Lipinski definition) is 4. The highest BCUT2D eigenvalue weighted by molar-refractivity contribution is 7.84. The first-order valence-electron chi connectivity index (χ1n) is 8.73. The normalized spacial score (nSPS) is 11.9. The van der Waals surface area contributed by atoms with E-state index in [1.807, 2.05) is 27.7 Å². The number of rotatable bonds is 6. The summed E-state index contributed by atoms with van der Waals surface area (Å²) in [6, 6.07) is 6.80. The Kier molecular flexibility index (Phi) is 6.82. The maximum atomic E-state index is 12.7. The monoisotopic (exact) mass is 443 g/mol. The van der Waals surface area contributed by atoms with Crippen molar-refractivity contribution < 1.29 is 17.4 Å². The third-order valence-electron chi connectivity index (χ3n) is 4.33. The lowest BCUT2D eigenvalue weighted by Gasteiger charge is -2.24. The smallest absolute Gasteiger partial charge is 0.370 e. The summed E-state index contributed by atoms with van der Waals surface area (Å²) < 4.78 is 28.6. The Morgan fingerprint density at radius 2 is 1.61 bits per heavy atom. The highest BCUT2D eigenvalue weighted by Gasteiger charge is 2.29. The van der Waals surface area contributed by atoms with Gasteiger partial charge in [-0.15, -0.1) is 0 Å². The predicted octanol–water partition coefficient (Wildman–Crippen LogP) is 5.69. The standard InChI is InChI=1S/C20H23Cl2NO4S/c1-10(2)13-9-14(19-15(21)7-6-8-16(19)22)18(12(5)24)17(11(3)4)20(13)27-28(23,25)26/h6-11H,1-5H3,(H2,23,25,26). The molecule has 2 aromatic carbocycles. The molecule has 2 N–H and O–H groups in total. The second-order valence-corrected chi connectivity index (χ2v) is 9.14. The minimum atomic E-state index is -4.29. The molecule has 0 heterocycles. The molecule has 2 rings (SSSR count). The number of Topliss-reactive ketones (excluding diaryl/α,β-unsaturated/α-hetero) is 1. The van der Waals surface area contributed by atoms with Gasteiger partial charge in [0.05, 0.1) is 0 Å². The van der Waals surface area contributed by atoms with Crippen LogP contribution in [-0.4, -0.2) is 14.2 Å². The fraction of sp³-hybridized carbons (Fsp3) is 0.350. The van der Waals surface area contributed by atoms with E-state index in [9.17, 15) is 13.2 Å². The SMILES string of the molecule is CC(=O)c1c(-c2c(Cl)cccc2Cl)cc(C(C)C)c(OS(N)(=O)=O)c1C(C)C. The average molecular weight is 444 g/mol. The summed E-state index contributed by atoms with van der Waals surface area (Å²) in [5.41, 5.74) is 2.42. The summed E-state index contributed by atoms with van der Waals surface area (Å²) in [4.78, 5) is 12.7. The second kappa shape index (κ2) is 8.41. The number of benzene rings is 2. The van der Waals surface area contributed by atoms with Gasteiger partial charge in [-0.1, -0.05) is 57.0 Å². The van der Waals surface area contributed by atoms with Gasteiger partial charge in [0.2, 0.25) is 0 Å². The second-order valence-electron chi connectivity index (χ2n) is 7.17. The van der Waals surface area contributed by atoms with Crippen molar-refractivity contribution >= 4 is 39.3 Å². The zero-order chi connectivity index (χ0) is 21.4. The molecule has 0 amide bonds. The van der Waals surface area contributed by atoms with E-state index in [4.69, 9.17) is 32.5 Å². The van der Waals surface area contributed by atoms with E-state index < -0.39 is 10.3 Å². The van der Waals surface area contributed by atoms with Gasteiger partial charge in [0, 0.05) is 26.7 Å². The summed E-state index contributed by atoms with van der Waals surface area (Å²) in [6.07, 6.45) is 0. The van der Waals surface area contributed by atoms with E-state index in [1.54, 1.807) is 24.3 Å². The lowest BCUT2D eigenvalue weighted by Crippen LogP contribution is -2.22. The van der Waals surface area contributed by atoms with Gasteiger partial charge in [-0.05, 0) is 48.1 Å². The van der Waals surface area contributed by atoms with Crippen molar-refractivity contribution in [2.24, 2.45) is 5.14 Å². The van der Waals surface area contributed by atoms with Crippen LogP contribution in [0.3, 0.4) is 0 Å². The van der Waals surface area contributed by atoms with Crippen LogP contribution in [-0.2, 0) is 10.3 Å². The minimum absolute atomic E-state index is 0.0876. The fourth-order valence-corrected chi connectivity index (χ4v) is 4.25. The van der Waals surface area contributed by atoms with Crippen molar-refractivity contribution in [1.82, 2.24) is 0 Å². The fourth-order valence-electron chi connectivity index (χ4n) is 3.23. The molecule has 0 aliphatic rings. The van der Waals surface area contributed by atoms with Crippen LogP contribution in [0.4, 0.5) is 0 Å². The van der Waals surface area contributed by atoms with Gasteiger partial charge in [0.15, 0.2) is 11.5 Å². The van der Waals surface area contributed by atoms with E-state index in [0.29, 0.717) is 37.9 Å². The molecule has 2 aromatic rings. The molecule has 152 valence electrons. The molecule has 5 nitrogen and oxygen atoms in total. The molecule has 0 saturated heterocycles. The van der Waals surface area contributed by atoms with E-state index >= 15 is 0 Å². The Bertz CT molecular complexity index is 1010. The van der Waals surface area contributed by atoms with Crippen molar-refractivity contribution in [2.75, 3.05) is 0 Å². The molecule has 0 aliphatic carbocycles. The van der Waals surface area contributed by atoms with E-state index in [0.717, 1.165) is 0 Å². The zero-order valence-corrected chi connectivity index (χ0v) is 18.7. The van der Waals surface area contributed by atoms with Crippen LogP contribution in [0.2, 0.25) is 10.0 Å². The van der Waals surface area contributed by atoms with Crippen molar-refractivity contribution in [1.29, 1.82) is 0 Å². The number of nitrogens with two attached hydrogens (primary N) is 1. The topological polar surface area (TPSA) is 86.5 Å². The molecule has 0 spiro atoms. The molecule has 0 aromatic heterocycles. The first-order valence-corrected chi connectivity index (χ1v) is 11.0. The molecule has 0 bridgehead atoms. The van der Waals surface area contributed by atoms with Gasteiger partial charge in [-0.25, -0.2) is 0 Å². The van der Waals surface area contributed by atoms with Gasteiger partial charge < -0.3 is 4.18 Å². The van der Waals surface area contributed by atoms with Gasteiger partial charge in [-0.3, -0.25) is 4.79 Å². The largest absolute Gasteiger partial charge is 0.380 e. The predicted molar refractivity (Wildman–Crippen MR) is 114 cm³/mol. The van der Waals surface area contributed by atoms with Gasteiger partial charge >= 0.3 is 10.3 Å². The highest BCUT2D eigenvalue weighted by Crippen LogP contribution is 2.46. The molecule has 8 heteroatoms. The van der Waals surface area contributed by atoms with Gasteiger partial charge in [-0.2, -0.15) is 13.6 Å². The number of carbonyl (C=O) groups is 1. The first kappa shape index (κ1) is 22.7.